The minimum atomic E-state index is -0.304. The van der Waals surface area contributed by atoms with Crippen molar-refractivity contribution in [3.63, 3.8) is 0 Å². The van der Waals surface area contributed by atoms with Crippen molar-refractivity contribution in [2.45, 2.75) is 19.8 Å². The SMILES string of the molecule is Cc1oc(-c2ccc(F)cc2)nc1CCNC(=O)CCOc1ccccc1. The standard InChI is InChI=1S/C21H21FN2O3/c1-15-19(24-21(27-15)16-7-9-17(22)10-8-16)11-13-23-20(25)12-14-26-18-5-3-2-4-6-18/h2-10H,11-14H2,1H3,(H,23,25). The molecule has 1 aromatic heterocycles. The van der Waals surface area contributed by atoms with E-state index in [1.807, 2.05) is 37.3 Å². The van der Waals surface area contributed by atoms with E-state index in [2.05, 4.69) is 10.3 Å². The van der Waals surface area contributed by atoms with Gasteiger partial charge in [-0.3, -0.25) is 4.79 Å². The van der Waals surface area contributed by atoms with Crippen LogP contribution in [-0.2, 0) is 11.2 Å². The highest BCUT2D eigenvalue weighted by Crippen LogP contribution is 2.22. The van der Waals surface area contributed by atoms with E-state index in [4.69, 9.17) is 9.15 Å². The van der Waals surface area contributed by atoms with Crippen molar-refractivity contribution in [3.05, 3.63) is 71.9 Å². The summed E-state index contributed by atoms with van der Waals surface area (Å²) in [5.41, 5.74) is 1.49. The highest BCUT2D eigenvalue weighted by atomic mass is 19.1. The number of para-hydroxylation sites is 1. The molecule has 6 heteroatoms. The van der Waals surface area contributed by atoms with Crippen molar-refractivity contribution in [1.29, 1.82) is 0 Å². The first-order valence-electron chi connectivity index (χ1n) is 8.78. The number of carbonyl (C=O) groups is 1. The number of ether oxygens (including phenoxy) is 1. The Morgan fingerprint density at radius 3 is 2.63 bits per heavy atom. The average Bonchev–Trinajstić information content (AvgIpc) is 3.04. The van der Waals surface area contributed by atoms with E-state index in [9.17, 15) is 9.18 Å². The zero-order valence-corrected chi connectivity index (χ0v) is 15.1. The number of aryl methyl sites for hydroxylation is 1. The van der Waals surface area contributed by atoms with Gasteiger partial charge in [0, 0.05) is 18.5 Å². The second kappa shape index (κ2) is 8.98. The van der Waals surface area contributed by atoms with Crippen LogP contribution in [0.1, 0.15) is 17.9 Å². The summed E-state index contributed by atoms with van der Waals surface area (Å²) in [6.45, 7) is 2.61. The fourth-order valence-corrected chi connectivity index (χ4v) is 2.56. The monoisotopic (exact) mass is 368 g/mol. The van der Waals surface area contributed by atoms with Crippen molar-refractivity contribution >= 4 is 5.91 Å². The van der Waals surface area contributed by atoms with Gasteiger partial charge >= 0.3 is 0 Å². The Morgan fingerprint density at radius 2 is 1.89 bits per heavy atom. The molecule has 3 aromatic rings. The maximum absolute atomic E-state index is 13.0. The molecule has 0 radical (unpaired) electrons. The van der Waals surface area contributed by atoms with Crippen LogP contribution in [0.5, 0.6) is 5.75 Å². The van der Waals surface area contributed by atoms with Crippen molar-refractivity contribution in [2.75, 3.05) is 13.2 Å². The summed E-state index contributed by atoms with van der Waals surface area (Å²) < 4.78 is 24.2. The van der Waals surface area contributed by atoms with Crippen LogP contribution in [0.4, 0.5) is 4.39 Å². The van der Waals surface area contributed by atoms with E-state index >= 15 is 0 Å². The van der Waals surface area contributed by atoms with Gasteiger partial charge in [0.25, 0.3) is 0 Å². The number of nitrogens with zero attached hydrogens (tertiary/aromatic N) is 1. The third-order valence-corrected chi connectivity index (χ3v) is 4.01. The van der Waals surface area contributed by atoms with Gasteiger partial charge in [0.05, 0.1) is 18.7 Å². The summed E-state index contributed by atoms with van der Waals surface area (Å²) in [6, 6.07) is 15.4. The Bertz CT molecular complexity index is 876. The molecule has 0 bridgehead atoms. The third kappa shape index (κ3) is 5.41. The molecular weight excluding hydrogens is 347 g/mol. The summed E-state index contributed by atoms with van der Waals surface area (Å²) >= 11 is 0. The molecule has 0 aliphatic heterocycles. The van der Waals surface area contributed by atoms with Gasteiger partial charge in [0.2, 0.25) is 11.8 Å². The normalized spacial score (nSPS) is 10.6. The lowest BCUT2D eigenvalue weighted by Gasteiger charge is -2.06. The molecule has 0 fully saturated rings. The first-order chi connectivity index (χ1) is 13.1. The molecule has 0 aliphatic carbocycles. The van der Waals surface area contributed by atoms with Gasteiger partial charge in [-0.2, -0.15) is 0 Å². The number of amides is 1. The summed E-state index contributed by atoms with van der Waals surface area (Å²) in [5, 5.41) is 2.85. The molecule has 1 amide bonds. The number of hydrogen-bond donors (Lipinski definition) is 1. The van der Waals surface area contributed by atoms with E-state index in [0.29, 0.717) is 36.8 Å². The highest BCUT2D eigenvalue weighted by Gasteiger charge is 2.12. The molecule has 2 aromatic carbocycles. The van der Waals surface area contributed by atoms with Crippen LogP contribution in [-0.4, -0.2) is 24.0 Å². The van der Waals surface area contributed by atoms with E-state index in [-0.39, 0.29) is 18.1 Å². The molecule has 5 nitrogen and oxygen atoms in total. The fourth-order valence-electron chi connectivity index (χ4n) is 2.56. The Labute approximate surface area is 157 Å². The van der Waals surface area contributed by atoms with Crippen molar-refractivity contribution < 1.29 is 18.3 Å². The van der Waals surface area contributed by atoms with Gasteiger partial charge in [-0.05, 0) is 43.3 Å². The van der Waals surface area contributed by atoms with E-state index in [0.717, 1.165) is 11.4 Å². The average molecular weight is 368 g/mol. The summed E-state index contributed by atoms with van der Waals surface area (Å²) in [7, 11) is 0. The van der Waals surface area contributed by atoms with E-state index < -0.39 is 0 Å². The van der Waals surface area contributed by atoms with Crippen LogP contribution in [0.2, 0.25) is 0 Å². The molecule has 3 rings (SSSR count). The van der Waals surface area contributed by atoms with Gasteiger partial charge < -0.3 is 14.5 Å². The second-order valence-electron chi connectivity index (χ2n) is 6.04. The quantitative estimate of drug-likeness (QED) is 0.655. The van der Waals surface area contributed by atoms with Gasteiger partial charge in [-0.1, -0.05) is 18.2 Å². The maximum atomic E-state index is 13.0. The number of nitrogens with one attached hydrogen (secondary N) is 1. The molecule has 0 atom stereocenters. The van der Waals surface area contributed by atoms with Crippen LogP contribution in [0, 0.1) is 12.7 Å². The summed E-state index contributed by atoms with van der Waals surface area (Å²) in [4.78, 5) is 16.3. The van der Waals surface area contributed by atoms with Gasteiger partial charge in [-0.25, -0.2) is 9.37 Å². The number of aromatic nitrogens is 1. The Kier molecular flexibility index (Phi) is 6.20. The predicted molar refractivity (Wildman–Crippen MR) is 99.9 cm³/mol. The zero-order valence-electron chi connectivity index (χ0n) is 15.1. The van der Waals surface area contributed by atoms with Gasteiger partial charge in [0.1, 0.15) is 17.3 Å². The number of hydrogen-bond acceptors (Lipinski definition) is 4. The first kappa shape index (κ1) is 18.6. The highest BCUT2D eigenvalue weighted by molar-refractivity contribution is 5.76. The molecule has 1 N–H and O–H groups in total. The first-order valence-corrected chi connectivity index (χ1v) is 8.78. The van der Waals surface area contributed by atoms with Crippen LogP contribution >= 0.6 is 0 Å². The van der Waals surface area contributed by atoms with Crippen molar-refractivity contribution in [1.82, 2.24) is 10.3 Å². The lowest BCUT2D eigenvalue weighted by molar-refractivity contribution is -0.121. The Balaban J connectivity index is 1.43. The van der Waals surface area contributed by atoms with Crippen molar-refractivity contribution in [3.8, 4) is 17.2 Å². The van der Waals surface area contributed by atoms with E-state index in [1.54, 1.807) is 12.1 Å². The van der Waals surface area contributed by atoms with Crippen LogP contribution in [0.15, 0.2) is 59.0 Å². The molecular formula is C21H21FN2O3. The fraction of sp³-hybridized carbons (Fsp3) is 0.238. The molecule has 0 saturated heterocycles. The molecule has 27 heavy (non-hydrogen) atoms. The third-order valence-electron chi connectivity index (χ3n) is 4.01. The van der Waals surface area contributed by atoms with E-state index in [1.165, 1.54) is 12.1 Å². The molecule has 0 aliphatic rings. The number of halogens is 1. The van der Waals surface area contributed by atoms with Crippen molar-refractivity contribution in [2.24, 2.45) is 0 Å². The van der Waals surface area contributed by atoms with Crippen LogP contribution in [0.25, 0.3) is 11.5 Å². The minimum absolute atomic E-state index is 0.0779. The summed E-state index contributed by atoms with van der Waals surface area (Å²) in [5.74, 6) is 1.50. The lowest BCUT2D eigenvalue weighted by atomic mass is 10.2. The number of rotatable bonds is 8. The molecule has 140 valence electrons. The predicted octanol–water partition coefficient (Wildman–Crippen LogP) is 3.92. The Hall–Kier alpha value is -3.15. The topological polar surface area (TPSA) is 64.4 Å². The minimum Gasteiger partial charge on any atom is -0.493 e. The number of oxazole rings is 1. The van der Waals surface area contributed by atoms with Gasteiger partial charge in [0.15, 0.2) is 0 Å². The lowest BCUT2D eigenvalue weighted by Crippen LogP contribution is -2.27. The second-order valence-corrected chi connectivity index (χ2v) is 6.04. The molecule has 0 saturated carbocycles. The number of benzene rings is 2. The zero-order chi connectivity index (χ0) is 19.1. The number of carbonyl (C=O) groups excluding carboxylic acids is 1. The summed E-state index contributed by atoms with van der Waals surface area (Å²) in [6.07, 6.45) is 0.843. The smallest absolute Gasteiger partial charge is 0.226 e. The van der Waals surface area contributed by atoms with Crippen LogP contribution in [0.3, 0.4) is 0 Å². The van der Waals surface area contributed by atoms with Gasteiger partial charge in [-0.15, -0.1) is 0 Å². The molecule has 0 unspecified atom stereocenters. The van der Waals surface area contributed by atoms with Crippen LogP contribution < -0.4 is 10.1 Å². The maximum Gasteiger partial charge on any atom is 0.226 e. The molecule has 1 heterocycles. The largest absolute Gasteiger partial charge is 0.493 e. The Morgan fingerprint density at radius 1 is 1.15 bits per heavy atom. The molecule has 0 spiro atoms.